The van der Waals surface area contributed by atoms with Crippen molar-refractivity contribution < 1.29 is 0 Å². The Balaban J connectivity index is 1.85. The smallest absolute Gasteiger partial charge is 0.0391 e. The van der Waals surface area contributed by atoms with Crippen molar-refractivity contribution in [3.8, 4) is 0 Å². The molecule has 0 unspecified atom stereocenters. The monoisotopic (exact) mass is 336 g/mol. The summed E-state index contributed by atoms with van der Waals surface area (Å²) >= 11 is 0. The highest BCUT2D eigenvalue weighted by Gasteiger charge is 2.35. The molecule has 0 nitrogen and oxygen atoms in total. The highest BCUT2D eigenvalue weighted by atomic mass is 14.4. The third-order valence-electron chi connectivity index (χ3n) is 5.57. The van der Waals surface area contributed by atoms with Gasteiger partial charge in [0.15, 0.2) is 0 Å². The highest BCUT2D eigenvalue weighted by Crippen LogP contribution is 2.44. The second kappa shape index (κ2) is 7.17. The van der Waals surface area contributed by atoms with Crippen LogP contribution in [0.1, 0.15) is 30.0 Å². The van der Waals surface area contributed by atoms with Gasteiger partial charge >= 0.3 is 0 Å². The van der Waals surface area contributed by atoms with E-state index in [4.69, 9.17) is 0 Å². The van der Waals surface area contributed by atoms with Gasteiger partial charge in [-0.15, -0.1) is 0 Å². The Morgan fingerprint density at radius 1 is 0.692 bits per heavy atom. The lowest BCUT2D eigenvalue weighted by atomic mass is 9.69. The van der Waals surface area contributed by atoms with Gasteiger partial charge < -0.3 is 0 Å². The average molecular weight is 336 g/mol. The molecule has 0 heteroatoms. The lowest BCUT2D eigenvalue weighted by Gasteiger charge is -2.34. The fourth-order valence-electron chi connectivity index (χ4n) is 4.12. The quantitative estimate of drug-likeness (QED) is 0.499. The molecule has 3 aromatic rings. The third-order valence-corrected chi connectivity index (χ3v) is 5.57. The van der Waals surface area contributed by atoms with Gasteiger partial charge in [-0.3, -0.25) is 0 Å². The van der Waals surface area contributed by atoms with E-state index < -0.39 is 0 Å². The van der Waals surface area contributed by atoms with Crippen LogP contribution in [0.25, 0.3) is 0 Å². The molecule has 128 valence electrons. The van der Waals surface area contributed by atoms with E-state index >= 15 is 0 Å². The maximum Gasteiger partial charge on any atom is 0.0391 e. The lowest BCUT2D eigenvalue weighted by molar-refractivity contribution is 0.654. The second-order valence-corrected chi connectivity index (χ2v) is 7.13. The van der Waals surface area contributed by atoms with Gasteiger partial charge in [-0.2, -0.15) is 0 Å². The minimum atomic E-state index is -0.115. The number of hydrogen-bond acceptors (Lipinski definition) is 0. The lowest BCUT2D eigenvalue weighted by Crippen LogP contribution is -2.27. The van der Waals surface area contributed by atoms with Crippen LogP contribution in [0, 0.1) is 0 Å². The highest BCUT2D eigenvalue weighted by molar-refractivity contribution is 5.54. The largest absolute Gasteiger partial charge is 0.0801 e. The van der Waals surface area contributed by atoms with Crippen LogP contribution in [0.2, 0.25) is 0 Å². The van der Waals surface area contributed by atoms with E-state index in [9.17, 15) is 0 Å². The molecule has 0 saturated heterocycles. The number of rotatable bonds is 5. The van der Waals surface area contributed by atoms with Gasteiger partial charge in [-0.05, 0) is 47.6 Å². The fraction of sp³-hybridized carbons (Fsp3) is 0.154. The molecule has 4 rings (SSSR count). The van der Waals surface area contributed by atoms with E-state index in [-0.39, 0.29) is 5.41 Å². The normalized spacial score (nSPS) is 14.0. The van der Waals surface area contributed by atoms with Gasteiger partial charge in [0.05, 0.1) is 0 Å². The molecule has 0 fully saturated rings. The Kier molecular flexibility index (Phi) is 4.58. The summed E-state index contributed by atoms with van der Waals surface area (Å²) in [7, 11) is 0. The number of benzene rings is 3. The van der Waals surface area contributed by atoms with Crippen molar-refractivity contribution in [1.82, 2.24) is 0 Å². The zero-order chi connectivity index (χ0) is 17.8. The van der Waals surface area contributed by atoms with Gasteiger partial charge in [0, 0.05) is 5.41 Å². The van der Waals surface area contributed by atoms with E-state index in [1.165, 1.54) is 27.8 Å². The van der Waals surface area contributed by atoms with Crippen molar-refractivity contribution in [3.63, 3.8) is 0 Å². The van der Waals surface area contributed by atoms with Gasteiger partial charge in [0.25, 0.3) is 0 Å². The van der Waals surface area contributed by atoms with E-state index in [0.717, 1.165) is 12.8 Å². The molecular formula is C26H24. The summed E-state index contributed by atoms with van der Waals surface area (Å²) < 4.78 is 0. The molecule has 0 atom stereocenters. The summed E-state index contributed by atoms with van der Waals surface area (Å²) in [6, 6.07) is 32.6. The van der Waals surface area contributed by atoms with Crippen LogP contribution in [0.4, 0.5) is 0 Å². The molecule has 3 aromatic carbocycles. The first kappa shape index (κ1) is 16.6. The van der Waals surface area contributed by atoms with Crippen molar-refractivity contribution in [1.29, 1.82) is 0 Å². The van der Waals surface area contributed by atoms with Gasteiger partial charge in [0.1, 0.15) is 0 Å². The summed E-state index contributed by atoms with van der Waals surface area (Å²) in [6.07, 6.45) is 6.65. The maximum absolute atomic E-state index is 2.38. The molecule has 0 N–H and O–H groups in total. The summed E-state index contributed by atoms with van der Waals surface area (Å²) in [6.45, 7) is 2.38. The standard InChI is InChI=1S/C26H24/c1-26(23-15-7-3-8-16-23,24-17-9-4-10-18-24)25-19-11-14-22(25)20-21-12-5-2-6-13-21/h2-18H,19-20H2,1H3. The van der Waals surface area contributed by atoms with Crippen molar-refractivity contribution in [2.75, 3.05) is 0 Å². The van der Waals surface area contributed by atoms with Crippen molar-refractivity contribution in [3.05, 3.63) is 131 Å². The topological polar surface area (TPSA) is 0 Å². The first-order valence-corrected chi connectivity index (χ1v) is 9.32. The molecule has 1 aliphatic carbocycles. The van der Waals surface area contributed by atoms with E-state index in [2.05, 4.69) is 110 Å². The predicted octanol–water partition coefficient (Wildman–Crippen LogP) is 6.49. The molecule has 0 bridgehead atoms. The van der Waals surface area contributed by atoms with E-state index in [1.807, 2.05) is 0 Å². The van der Waals surface area contributed by atoms with Crippen LogP contribution in [-0.4, -0.2) is 0 Å². The summed E-state index contributed by atoms with van der Waals surface area (Å²) in [4.78, 5) is 0. The van der Waals surface area contributed by atoms with Gasteiger partial charge in [-0.25, -0.2) is 0 Å². The molecule has 0 aliphatic heterocycles. The first-order valence-electron chi connectivity index (χ1n) is 9.32. The molecule has 0 heterocycles. The Bertz CT molecular complexity index is 876. The molecule has 1 aliphatic rings. The van der Waals surface area contributed by atoms with Crippen LogP contribution in [0.15, 0.2) is 114 Å². The minimum Gasteiger partial charge on any atom is -0.0801 e. The summed E-state index contributed by atoms with van der Waals surface area (Å²) in [5.74, 6) is 0. The van der Waals surface area contributed by atoms with Crippen LogP contribution in [0.3, 0.4) is 0 Å². The zero-order valence-electron chi connectivity index (χ0n) is 15.2. The SMILES string of the molecule is CC(C1=C(Cc2ccccc2)C=CC1)(c1ccccc1)c1ccccc1. The molecule has 0 amide bonds. The van der Waals surface area contributed by atoms with Crippen LogP contribution in [0.5, 0.6) is 0 Å². The zero-order valence-corrected chi connectivity index (χ0v) is 15.2. The Morgan fingerprint density at radius 3 is 1.73 bits per heavy atom. The number of hydrogen-bond donors (Lipinski definition) is 0. The maximum atomic E-state index is 2.38. The van der Waals surface area contributed by atoms with E-state index in [1.54, 1.807) is 0 Å². The Morgan fingerprint density at radius 2 is 1.19 bits per heavy atom. The van der Waals surface area contributed by atoms with Gasteiger partial charge in [0.2, 0.25) is 0 Å². The minimum absolute atomic E-state index is 0.115. The molecule has 0 aromatic heterocycles. The molecule has 0 radical (unpaired) electrons. The first-order chi connectivity index (χ1) is 12.8. The summed E-state index contributed by atoms with van der Waals surface area (Å²) in [5, 5.41) is 0. The molecular weight excluding hydrogens is 312 g/mol. The van der Waals surface area contributed by atoms with Crippen LogP contribution < -0.4 is 0 Å². The molecule has 0 spiro atoms. The number of allylic oxidation sites excluding steroid dienone is 4. The molecule has 26 heavy (non-hydrogen) atoms. The van der Waals surface area contributed by atoms with Crippen molar-refractivity contribution in [2.24, 2.45) is 0 Å². The fourth-order valence-corrected chi connectivity index (χ4v) is 4.12. The third kappa shape index (κ3) is 3.04. The van der Waals surface area contributed by atoms with Crippen molar-refractivity contribution >= 4 is 0 Å². The molecule has 0 saturated carbocycles. The Labute approximate surface area is 156 Å². The van der Waals surface area contributed by atoms with Crippen molar-refractivity contribution in [2.45, 2.75) is 25.2 Å². The average Bonchev–Trinajstić information content (AvgIpc) is 3.18. The van der Waals surface area contributed by atoms with E-state index in [0.29, 0.717) is 0 Å². The van der Waals surface area contributed by atoms with Gasteiger partial charge in [-0.1, -0.05) is 103 Å². The Hall–Kier alpha value is -2.86. The summed E-state index contributed by atoms with van der Waals surface area (Å²) in [5.41, 5.74) is 6.93. The van der Waals surface area contributed by atoms with Crippen LogP contribution in [-0.2, 0) is 11.8 Å². The van der Waals surface area contributed by atoms with Crippen LogP contribution >= 0.6 is 0 Å². The second-order valence-electron chi connectivity index (χ2n) is 7.13. The predicted molar refractivity (Wildman–Crippen MR) is 110 cm³/mol.